The van der Waals surface area contributed by atoms with Gasteiger partial charge in [0, 0.05) is 10.8 Å². The Morgan fingerprint density at radius 3 is 1.74 bits per heavy atom. The van der Waals surface area contributed by atoms with E-state index in [2.05, 4.69) is 0 Å². The third-order valence-corrected chi connectivity index (χ3v) is 7.02. The molecule has 1 fully saturated rings. The van der Waals surface area contributed by atoms with E-state index in [0.29, 0.717) is 12.8 Å². The van der Waals surface area contributed by atoms with Crippen LogP contribution in [0.25, 0.3) is 0 Å². The van der Waals surface area contributed by atoms with E-state index < -0.39 is 21.5 Å². The molecule has 1 unspecified atom stereocenters. The van der Waals surface area contributed by atoms with Crippen molar-refractivity contribution in [3.8, 4) is 0 Å². The zero-order chi connectivity index (χ0) is 16.3. The molecule has 0 radical (unpaired) electrons. The molecular formula is C19H21NO2S. The molecule has 1 amide bonds. The van der Waals surface area contributed by atoms with Gasteiger partial charge in [-0.3, -0.25) is 9.00 Å². The van der Waals surface area contributed by atoms with Gasteiger partial charge in [0.2, 0.25) is 5.91 Å². The number of benzene rings is 2. The van der Waals surface area contributed by atoms with Crippen LogP contribution in [0.2, 0.25) is 0 Å². The summed E-state index contributed by atoms with van der Waals surface area (Å²) in [6, 6.07) is 19.5. The molecule has 4 heteroatoms. The Labute approximate surface area is 139 Å². The van der Waals surface area contributed by atoms with Crippen LogP contribution >= 0.6 is 0 Å². The lowest BCUT2D eigenvalue weighted by Gasteiger charge is -2.30. The standard InChI is InChI=1S/C19H21NO2S/c20-18(21)19(13-7-8-14-19)23(22)17(15-9-3-1-4-10-15)16-11-5-2-6-12-16/h1-6,9-12,17H,7-8,13-14H2,(H2,20,21). The van der Waals surface area contributed by atoms with Crippen molar-refractivity contribution in [3.05, 3.63) is 71.8 Å². The average Bonchev–Trinajstić information content (AvgIpc) is 3.08. The lowest BCUT2D eigenvalue weighted by molar-refractivity contribution is -0.120. The van der Waals surface area contributed by atoms with Crippen LogP contribution < -0.4 is 5.73 Å². The Morgan fingerprint density at radius 2 is 1.35 bits per heavy atom. The van der Waals surface area contributed by atoms with Crippen LogP contribution in [-0.2, 0) is 15.6 Å². The molecule has 1 saturated carbocycles. The van der Waals surface area contributed by atoms with Gasteiger partial charge in [0.05, 0.1) is 5.25 Å². The molecule has 1 aliphatic carbocycles. The lowest BCUT2D eigenvalue weighted by atomic mass is 10.0. The summed E-state index contributed by atoms with van der Waals surface area (Å²) in [5.41, 5.74) is 7.62. The highest BCUT2D eigenvalue weighted by Gasteiger charge is 2.48. The molecular weight excluding hydrogens is 306 g/mol. The SMILES string of the molecule is NC(=O)C1(S(=O)C(c2ccccc2)c2ccccc2)CCCC1. The van der Waals surface area contributed by atoms with E-state index in [1.54, 1.807) is 0 Å². The van der Waals surface area contributed by atoms with E-state index in [4.69, 9.17) is 5.73 Å². The molecule has 3 nitrogen and oxygen atoms in total. The zero-order valence-electron chi connectivity index (χ0n) is 13.0. The van der Waals surface area contributed by atoms with Crippen LogP contribution in [0.5, 0.6) is 0 Å². The largest absolute Gasteiger partial charge is 0.368 e. The van der Waals surface area contributed by atoms with Crippen molar-refractivity contribution in [1.29, 1.82) is 0 Å². The summed E-state index contributed by atoms with van der Waals surface area (Å²) < 4.78 is 12.6. The van der Waals surface area contributed by atoms with E-state index >= 15 is 0 Å². The molecule has 2 N–H and O–H groups in total. The smallest absolute Gasteiger partial charge is 0.236 e. The van der Waals surface area contributed by atoms with Crippen LogP contribution in [0, 0.1) is 0 Å². The summed E-state index contributed by atoms with van der Waals surface area (Å²) in [6.45, 7) is 0. The molecule has 2 aromatic carbocycles. The molecule has 0 saturated heterocycles. The second kappa shape index (κ2) is 6.67. The number of carbonyl (C=O) groups is 1. The minimum Gasteiger partial charge on any atom is -0.368 e. The summed E-state index contributed by atoms with van der Waals surface area (Å²) in [5.74, 6) is -0.426. The number of primary amides is 1. The Balaban J connectivity index is 2.09. The molecule has 0 aromatic heterocycles. The molecule has 2 aromatic rings. The number of rotatable bonds is 5. The summed E-state index contributed by atoms with van der Waals surface area (Å²) in [4.78, 5) is 12.2. The van der Waals surface area contributed by atoms with Gasteiger partial charge >= 0.3 is 0 Å². The van der Waals surface area contributed by atoms with Gasteiger partial charge < -0.3 is 5.73 Å². The molecule has 120 valence electrons. The number of nitrogens with two attached hydrogens (primary N) is 1. The van der Waals surface area contributed by atoms with Crippen LogP contribution in [0.3, 0.4) is 0 Å². The van der Waals surface area contributed by atoms with E-state index in [-0.39, 0.29) is 5.25 Å². The van der Waals surface area contributed by atoms with Crippen LogP contribution in [0.15, 0.2) is 60.7 Å². The third-order valence-electron chi connectivity index (χ3n) is 4.66. The van der Waals surface area contributed by atoms with Crippen molar-refractivity contribution in [2.45, 2.75) is 35.7 Å². The number of carbonyl (C=O) groups excluding carboxylic acids is 1. The second-order valence-electron chi connectivity index (χ2n) is 6.06. The summed E-state index contributed by atoms with van der Waals surface area (Å²) in [7, 11) is -1.40. The Hall–Kier alpha value is -1.94. The maximum atomic E-state index is 13.5. The number of hydrogen-bond donors (Lipinski definition) is 1. The van der Waals surface area contributed by atoms with Gasteiger partial charge in [-0.05, 0) is 24.0 Å². The molecule has 23 heavy (non-hydrogen) atoms. The van der Waals surface area contributed by atoms with Gasteiger partial charge in [-0.25, -0.2) is 0 Å². The second-order valence-corrected chi connectivity index (χ2v) is 7.91. The molecule has 3 rings (SSSR count). The Kier molecular flexibility index (Phi) is 4.62. The first-order chi connectivity index (χ1) is 11.1. The van der Waals surface area contributed by atoms with Crippen molar-refractivity contribution >= 4 is 16.7 Å². The van der Waals surface area contributed by atoms with Gasteiger partial charge in [-0.1, -0.05) is 73.5 Å². The van der Waals surface area contributed by atoms with E-state index in [1.165, 1.54) is 0 Å². The first-order valence-corrected chi connectivity index (χ1v) is 9.17. The summed E-state index contributed by atoms with van der Waals surface area (Å²) in [5, 5.41) is -0.331. The van der Waals surface area contributed by atoms with Crippen molar-refractivity contribution in [1.82, 2.24) is 0 Å². The van der Waals surface area contributed by atoms with Crippen LogP contribution in [0.1, 0.15) is 42.1 Å². The van der Waals surface area contributed by atoms with Gasteiger partial charge in [0.25, 0.3) is 0 Å². The zero-order valence-corrected chi connectivity index (χ0v) is 13.8. The minimum atomic E-state index is -1.40. The van der Waals surface area contributed by atoms with Gasteiger partial charge in [0.1, 0.15) is 4.75 Å². The van der Waals surface area contributed by atoms with E-state index in [1.807, 2.05) is 60.7 Å². The van der Waals surface area contributed by atoms with Gasteiger partial charge in [0.15, 0.2) is 0 Å². The molecule has 0 aliphatic heterocycles. The molecule has 1 atom stereocenters. The fourth-order valence-electron chi connectivity index (χ4n) is 3.41. The number of amides is 1. The first kappa shape index (κ1) is 15.9. The monoisotopic (exact) mass is 327 g/mol. The van der Waals surface area contributed by atoms with Crippen LogP contribution in [-0.4, -0.2) is 14.9 Å². The van der Waals surface area contributed by atoms with Crippen molar-refractivity contribution in [3.63, 3.8) is 0 Å². The first-order valence-electron chi connectivity index (χ1n) is 7.96. The van der Waals surface area contributed by atoms with E-state index in [9.17, 15) is 9.00 Å². The normalized spacial score (nSPS) is 18.0. The molecule has 1 aliphatic rings. The fraction of sp³-hybridized carbons (Fsp3) is 0.316. The van der Waals surface area contributed by atoms with E-state index in [0.717, 1.165) is 24.0 Å². The summed E-state index contributed by atoms with van der Waals surface area (Å²) in [6.07, 6.45) is 3.05. The molecule has 0 heterocycles. The maximum absolute atomic E-state index is 13.5. The van der Waals surface area contributed by atoms with Gasteiger partial charge in [-0.15, -0.1) is 0 Å². The van der Waals surface area contributed by atoms with Crippen molar-refractivity contribution < 1.29 is 9.00 Å². The number of hydrogen-bond acceptors (Lipinski definition) is 2. The predicted octanol–water partition coefficient (Wildman–Crippen LogP) is 3.32. The maximum Gasteiger partial charge on any atom is 0.236 e. The predicted molar refractivity (Wildman–Crippen MR) is 93.3 cm³/mol. The fourth-order valence-corrected chi connectivity index (χ4v) is 5.56. The third kappa shape index (κ3) is 2.95. The van der Waals surface area contributed by atoms with Crippen molar-refractivity contribution in [2.24, 2.45) is 5.73 Å². The molecule has 0 bridgehead atoms. The highest BCUT2D eigenvalue weighted by molar-refractivity contribution is 7.87. The average molecular weight is 327 g/mol. The Morgan fingerprint density at radius 1 is 0.913 bits per heavy atom. The molecule has 0 spiro atoms. The lowest BCUT2D eigenvalue weighted by Crippen LogP contribution is -2.47. The highest BCUT2D eigenvalue weighted by Crippen LogP contribution is 2.42. The topological polar surface area (TPSA) is 60.2 Å². The summed E-state index contributed by atoms with van der Waals surface area (Å²) >= 11 is 0. The Bertz CT molecular complexity index is 654. The van der Waals surface area contributed by atoms with Gasteiger partial charge in [-0.2, -0.15) is 0 Å². The highest BCUT2D eigenvalue weighted by atomic mass is 32.2. The van der Waals surface area contributed by atoms with Crippen LogP contribution in [0.4, 0.5) is 0 Å². The van der Waals surface area contributed by atoms with Crippen molar-refractivity contribution in [2.75, 3.05) is 0 Å². The quantitative estimate of drug-likeness (QED) is 0.916. The minimum absolute atomic E-state index is 0.331.